The van der Waals surface area contributed by atoms with Crippen molar-refractivity contribution in [3.8, 4) is 0 Å². The van der Waals surface area contributed by atoms with E-state index in [0.717, 1.165) is 0 Å². The van der Waals surface area contributed by atoms with Gasteiger partial charge in [-0.3, -0.25) is 9.59 Å². The molecule has 0 saturated carbocycles. The normalized spacial score (nSPS) is 21.1. The molecule has 0 radical (unpaired) electrons. The van der Waals surface area contributed by atoms with E-state index in [4.69, 9.17) is 5.11 Å². The van der Waals surface area contributed by atoms with E-state index < -0.39 is 46.9 Å². The molecule has 21 heavy (non-hydrogen) atoms. The summed E-state index contributed by atoms with van der Waals surface area (Å²) in [6.07, 6.45) is 3.69. The predicted octanol–water partition coefficient (Wildman–Crippen LogP) is 2.71. The first-order chi connectivity index (χ1) is 9.90. The zero-order valence-electron chi connectivity index (χ0n) is 10.8. The Bertz CT molecular complexity index is 616. The molecule has 2 atom stereocenters. The maximum atomic E-state index is 13.5. The van der Waals surface area contributed by atoms with Gasteiger partial charge in [0.05, 0.1) is 17.5 Å². The first-order valence-electron chi connectivity index (χ1n) is 6.23. The van der Waals surface area contributed by atoms with Gasteiger partial charge in [-0.2, -0.15) is 0 Å². The molecule has 0 heterocycles. The predicted molar refractivity (Wildman–Crippen MR) is 67.9 cm³/mol. The molecule has 112 valence electrons. The maximum Gasteiger partial charge on any atom is 0.307 e. The lowest BCUT2D eigenvalue weighted by molar-refractivity contribution is -0.146. The number of aliphatic carboxylic acids is 1. The largest absolute Gasteiger partial charge is 0.481 e. The fourth-order valence-electron chi connectivity index (χ4n) is 2.22. The molecule has 0 unspecified atom stereocenters. The van der Waals surface area contributed by atoms with Crippen LogP contribution in [0.3, 0.4) is 0 Å². The molecule has 1 amide bonds. The van der Waals surface area contributed by atoms with Crippen LogP contribution in [0, 0.1) is 29.3 Å². The Morgan fingerprint density at radius 2 is 1.57 bits per heavy atom. The van der Waals surface area contributed by atoms with Crippen LogP contribution in [0.4, 0.5) is 18.9 Å². The molecule has 0 aromatic heterocycles. The highest BCUT2D eigenvalue weighted by Gasteiger charge is 2.34. The van der Waals surface area contributed by atoms with E-state index in [1.165, 1.54) is 0 Å². The fraction of sp³-hybridized carbons (Fsp3) is 0.286. The Labute approximate surface area is 118 Å². The third-order valence-electron chi connectivity index (χ3n) is 3.35. The van der Waals surface area contributed by atoms with E-state index in [2.05, 4.69) is 5.32 Å². The van der Waals surface area contributed by atoms with Crippen LogP contribution in [0.2, 0.25) is 0 Å². The number of amides is 1. The zero-order valence-corrected chi connectivity index (χ0v) is 10.8. The lowest BCUT2D eigenvalue weighted by Gasteiger charge is -2.24. The number of allylic oxidation sites excluding steroid dienone is 2. The van der Waals surface area contributed by atoms with Crippen LogP contribution >= 0.6 is 0 Å². The third-order valence-corrected chi connectivity index (χ3v) is 3.35. The highest BCUT2D eigenvalue weighted by Crippen LogP contribution is 2.28. The summed E-state index contributed by atoms with van der Waals surface area (Å²) in [6.45, 7) is 0. The molecule has 0 fully saturated rings. The minimum absolute atomic E-state index is 0.188. The Morgan fingerprint density at radius 1 is 1.00 bits per heavy atom. The topological polar surface area (TPSA) is 66.4 Å². The molecule has 1 aromatic carbocycles. The SMILES string of the molecule is O=C(O)[C@H]1CC=CC[C@H]1C(=O)Nc1cc(F)c(F)cc1F. The quantitative estimate of drug-likeness (QED) is 0.666. The molecule has 2 rings (SSSR count). The second-order valence-electron chi connectivity index (χ2n) is 4.73. The van der Waals surface area contributed by atoms with Crippen molar-refractivity contribution in [1.82, 2.24) is 0 Å². The molecule has 7 heteroatoms. The molecule has 1 aromatic rings. The number of anilines is 1. The number of nitrogens with one attached hydrogen (secondary N) is 1. The number of benzene rings is 1. The number of hydrogen-bond acceptors (Lipinski definition) is 2. The number of carbonyl (C=O) groups excluding carboxylic acids is 1. The lowest BCUT2D eigenvalue weighted by atomic mass is 9.82. The van der Waals surface area contributed by atoms with Crippen molar-refractivity contribution in [3.05, 3.63) is 41.7 Å². The van der Waals surface area contributed by atoms with Crippen LogP contribution < -0.4 is 5.32 Å². The van der Waals surface area contributed by atoms with E-state index in [1.807, 2.05) is 0 Å². The highest BCUT2D eigenvalue weighted by atomic mass is 19.2. The Hall–Kier alpha value is -2.31. The molecule has 2 N–H and O–H groups in total. The molecule has 0 saturated heterocycles. The average molecular weight is 299 g/mol. The van der Waals surface area contributed by atoms with Gasteiger partial charge in [0, 0.05) is 12.1 Å². The maximum absolute atomic E-state index is 13.5. The molecule has 1 aliphatic carbocycles. The molecule has 0 spiro atoms. The fourth-order valence-corrected chi connectivity index (χ4v) is 2.22. The van der Waals surface area contributed by atoms with E-state index in [9.17, 15) is 22.8 Å². The van der Waals surface area contributed by atoms with Gasteiger partial charge in [0.15, 0.2) is 11.6 Å². The van der Waals surface area contributed by atoms with Gasteiger partial charge in [0.1, 0.15) is 5.82 Å². The van der Waals surface area contributed by atoms with E-state index in [1.54, 1.807) is 12.2 Å². The zero-order chi connectivity index (χ0) is 15.6. The van der Waals surface area contributed by atoms with Gasteiger partial charge in [-0.05, 0) is 12.8 Å². The van der Waals surface area contributed by atoms with Crippen molar-refractivity contribution in [2.45, 2.75) is 12.8 Å². The van der Waals surface area contributed by atoms with Gasteiger partial charge in [-0.25, -0.2) is 13.2 Å². The van der Waals surface area contributed by atoms with Crippen molar-refractivity contribution >= 4 is 17.6 Å². The third kappa shape index (κ3) is 3.24. The minimum Gasteiger partial charge on any atom is -0.481 e. The van der Waals surface area contributed by atoms with Crippen molar-refractivity contribution in [2.24, 2.45) is 11.8 Å². The minimum atomic E-state index is -1.37. The van der Waals surface area contributed by atoms with Gasteiger partial charge in [0.25, 0.3) is 0 Å². The summed E-state index contributed by atoms with van der Waals surface area (Å²) in [5.41, 5.74) is -0.516. The molecule has 1 aliphatic rings. The Kier molecular flexibility index (Phi) is 4.30. The molecular formula is C14H12F3NO3. The molecule has 4 nitrogen and oxygen atoms in total. The molecular weight excluding hydrogens is 287 g/mol. The van der Waals surface area contributed by atoms with Crippen LogP contribution in [0.1, 0.15) is 12.8 Å². The summed E-state index contributed by atoms with van der Waals surface area (Å²) in [5.74, 6) is -7.48. The van der Waals surface area contributed by atoms with Crippen LogP contribution in [0.25, 0.3) is 0 Å². The first kappa shape index (κ1) is 15.1. The average Bonchev–Trinajstić information content (AvgIpc) is 2.44. The standard InChI is InChI=1S/C14H12F3NO3/c15-9-5-11(17)12(6-10(9)16)18-13(19)7-3-1-2-4-8(7)14(20)21/h1-2,5-8H,3-4H2,(H,18,19)(H,20,21)/t7-,8+/m1/s1. The van der Waals surface area contributed by atoms with E-state index in [0.29, 0.717) is 12.1 Å². The van der Waals surface area contributed by atoms with Crippen LogP contribution in [0.5, 0.6) is 0 Å². The smallest absolute Gasteiger partial charge is 0.307 e. The van der Waals surface area contributed by atoms with Crippen molar-refractivity contribution in [2.75, 3.05) is 5.32 Å². The van der Waals surface area contributed by atoms with Crippen LogP contribution in [-0.4, -0.2) is 17.0 Å². The summed E-state index contributed by atoms with van der Waals surface area (Å²) < 4.78 is 39.3. The highest BCUT2D eigenvalue weighted by molar-refractivity contribution is 5.95. The number of carbonyl (C=O) groups is 2. The monoisotopic (exact) mass is 299 g/mol. The number of halogens is 3. The van der Waals surface area contributed by atoms with Crippen LogP contribution in [0.15, 0.2) is 24.3 Å². The van der Waals surface area contributed by atoms with E-state index in [-0.39, 0.29) is 12.8 Å². The molecule has 0 aliphatic heterocycles. The summed E-state index contributed by atoms with van der Waals surface area (Å²) in [4.78, 5) is 23.1. The summed E-state index contributed by atoms with van der Waals surface area (Å²) in [6, 6.07) is 0.845. The summed E-state index contributed by atoms with van der Waals surface area (Å²) in [7, 11) is 0. The number of carboxylic acid groups (broad SMARTS) is 1. The summed E-state index contributed by atoms with van der Waals surface area (Å²) in [5, 5.41) is 11.2. The van der Waals surface area contributed by atoms with Gasteiger partial charge < -0.3 is 10.4 Å². The van der Waals surface area contributed by atoms with Crippen molar-refractivity contribution < 1.29 is 27.9 Å². The van der Waals surface area contributed by atoms with E-state index >= 15 is 0 Å². The van der Waals surface area contributed by atoms with Gasteiger partial charge in [0.2, 0.25) is 5.91 Å². The van der Waals surface area contributed by atoms with Crippen molar-refractivity contribution in [1.29, 1.82) is 0 Å². The second-order valence-corrected chi connectivity index (χ2v) is 4.73. The van der Waals surface area contributed by atoms with Crippen LogP contribution in [-0.2, 0) is 9.59 Å². The van der Waals surface area contributed by atoms with Crippen molar-refractivity contribution in [3.63, 3.8) is 0 Å². The summed E-state index contributed by atoms with van der Waals surface area (Å²) >= 11 is 0. The number of carboxylic acids is 1. The van der Waals surface area contributed by atoms with Gasteiger partial charge in [-0.15, -0.1) is 0 Å². The first-order valence-corrected chi connectivity index (χ1v) is 6.23. The van der Waals surface area contributed by atoms with Gasteiger partial charge in [-0.1, -0.05) is 12.2 Å². The second kappa shape index (κ2) is 5.99. The number of hydrogen-bond donors (Lipinski definition) is 2. The number of rotatable bonds is 3. The Morgan fingerprint density at radius 3 is 2.19 bits per heavy atom. The lowest BCUT2D eigenvalue weighted by Crippen LogP contribution is -2.35. The molecule has 0 bridgehead atoms. The van der Waals surface area contributed by atoms with Gasteiger partial charge >= 0.3 is 5.97 Å². The Balaban J connectivity index is 2.19.